The van der Waals surface area contributed by atoms with Gasteiger partial charge < -0.3 is 19.7 Å². The largest absolute Gasteiger partial charge is 0.379 e. The third kappa shape index (κ3) is 5.94. The SMILES string of the molecule is Cc1cccc(F)c1C(=O)N1C2COCC2CC(C(=O)Nc2ccc3c(cnn3C)c2)[C@H]1c1ccc(CN2CCOCC2(C)C)cc1. The molecule has 3 unspecified atom stereocenters. The van der Waals surface area contributed by atoms with Crippen LogP contribution in [0, 0.1) is 24.6 Å². The first-order chi connectivity index (χ1) is 22.6. The van der Waals surface area contributed by atoms with E-state index in [2.05, 4.69) is 41.3 Å². The van der Waals surface area contributed by atoms with Crippen LogP contribution in [0.3, 0.4) is 0 Å². The smallest absolute Gasteiger partial charge is 0.257 e. The van der Waals surface area contributed by atoms with Crippen molar-refractivity contribution in [3.8, 4) is 0 Å². The van der Waals surface area contributed by atoms with E-state index in [9.17, 15) is 9.59 Å². The molecule has 2 amide bonds. The number of aromatic nitrogens is 2. The summed E-state index contributed by atoms with van der Waals surface area (Å²) in [5.41, 5.74) is 4.11. The molecule has 1 N–H and O–H groups in total. The van der Waals surface area contributed by atoms with E-state index in [1.165, 1.54) is 6.07 Å². The Morgan fingerprint density at radius 1 is 1.06 bits per heavy atom. The van der Waals surface area contributed by atoms with Gasteiger partial charge in [-0.1, -0.05) is 36.4 Å². The zero-order valence-corrected chi connectivity index (χ0v) is 27.4. The van der Waals surface area contributed by atoms with Crippen LogP contribution in [0.4, 0.5) is 10.1 Å². The van der Waals surface area contributed by atoms with E-state index in [1.807, 2.05) is 37.4 Å². The molecule has 10 heteroatoms. The number of hydrogen-bond acceptors (Lipinski definition) is 6. The Hall–Kier alpha value is -4.12. The molecule has 0 aliphatic carbocycles. The highest BCUT2D eigenvalue weighted by Gasteiger charge is 2.51. The number of hydrogen-bond donors (Lipinski definition) is 1. The predicted octanol–water partition coefficient (Wildman–Crippen LogP) is 5.49. The molecule has 4 aromatic rings. The van der Waals surface area contributed by atoms with Crippen LogP contribution in [0.5, 0.6) is 0 Å². The van der Waals surface area contributed by atoms with Crippen LogP contribution in [0.2, 0.25) is 0 Å². The van der Waals surface area contributed by atoms with Crippen molar-refractivity contribution in [2.75, 3.05) is 38.3 Å². The Labute approximate surface area is 274 Å². The first kappa shape index (κ1) is 31.5. The summed E-state index contributed by atoms with van der Waals surface area (Å²) in [7, 11) is 1.88. The van der Waals surface area contributed by atoms with Crippen molar-refractivity contribution >= 4 is 28.4 Å². The number of anilines is 1. The number of rotatable bonds is 6. The molecule has 9 nitrogen and oxygen atoms in total. The summed E-state index contributed by atoms with van der Waals surface area (Å²) < 4.78 is 28.8. The maximum absolute atomic E-state index is 15.4. The summed E-state index contributed by atoms with van der Waals surface area (Å²) >= 11 is 0. The van der Waals surface area contributed by atoms with Gasteiger partial charge in [0.1, 0.15) is 5.82 Å². The van der Waals surface area contributed by atoms with E-state index < -0.39 is 23.7 Å². The Morgan fingerprint density at radius 2 is 1.87 bits per heavy atom. The van der Waals surface area contributed by atoms with Crippen LogP contribution in [-0.4, -0.2) is 75.9 Å². The molecule has 47 heavy (non-hydrogen) atoms. The third-order valence-electron chi connectivity index (χ3n) is 10.3. The summed E-state index contributed by atoms with van der Waals surface area (Å²) in [4.78, 5) is 33.0. The van der Waals surface area contributed by atoms with Gasteiger partial charge in [-0.2, -0.15) is 5.10 Å². The number of morpholine rings is 1. The number of aryl methyl sites for hydroxylation is 2. The quantitative estimate of drug-likeness (QED) is 0.300. The molecule has 4 atom stereocenters. The molecule has 0 radical (unpaired) electrons. The van der Waals surface area contributed by atoms with Crippen molar-refractivity contribution in [1.29, 1.82) is 0 Å². The van der Waals surface area contributed by atoms with Gasteiger partial charge in [-0.25, -0.2) is 4.39 Å². The van der Waals surface area contributed by atoms with Gasteiger partial charge in [0.2, 0.25) is 5.91 Å². The summed E-state index contributed by atoms with van der Waals surface area (Å²) in [6, 6.07) is 17.7. The minimum absolute atomic E-state index is 0.0393. The van der Waals surface area contributed by atoms with Crippen LogP contribution in [0.25, 0.3) is 10.9 Å². The molecule has 3 fully saturated rings. The molecule has 0 spiro atoms. The fraction of sp³-hybridized carbons (Fsp3) is 0.432. The average molecular weight is 640 g/mol. The molecular formula is C37H42FN5O4. The molecule has 0 saturated carbocycles. The molecule has 3 aliphatic heterocycles. The minimum Gasteiger partial charge on any atom is -0.379 e. The molecule has 1 aromatic heterocycles. The van der Waals surface area contributed by atoms with Crippen molar-refractivity contribution in [3.05, 3.63) is 94.9 Å². The molecule has 3 saturated heterocycles. The number of piperidine rings is 1. The maximum Gasteiger partial charge on any atom is 0.257 e. The molecule has 4 heterocycles. The lowest BCUT2D eigenvalue weighted by molar-refractivity contribution is -0.124. The van der Waals surface area contributed by atoms with Gasteiger partial charge in [-0.3, -0.25) is 19.2 Å². The second-order valence-electron chi connectivity index (χ2n) is 13.9. The van der Waals surface area contributed by atoms with Gasteiger partial charge in [-0.05, 0) is 68.1 Å². The maximum atomic E-state index is 15.4. The second kappa shape index (κ2) is 12.5. The van der Waals surface area contributed by atoms with Gasteiger partial charge in [0.25, 0.3) is 5.91 Å². The summed E-state index contributed by atoms with van der Waals surface area (Å²) in [5.74, 6) is -1.82. The fourth-order valence-corrected chi connectivity index (χ4v) is 7.63. The van der Waals surface area contributed by atoms with Gasteiger partial charge in [0, 0.05) is 42.7 Å². The fourth-order valence-electron chi connectivity index (χ4n) is 7.63. The zero-order chi connectivity index (χ0) is 32.9. The van der Waals surface area contributed by atoms with E-state index >= 15 is 4.39 Å². The lowest BCUT2D eigenvalue weighted by atomic mass is 9.76. The first-order valence-corrected chi connectivity index (χ1v) is 16.4. The van der Waals surface area contributed by atoms with Crippen LogP contribution in [0.15, 0.2) is 66.9 Å². The number of benzene rings is 3. The molecule has 3 aromatic carbocycles. The molecule has 7 rings (SSSR count). The zero-order valence-electron chi connectivity index (χ0n) is 27.4. The van der Waals surface area contributed by atoms with E-state index in [-0.39, 0.29) is 29.0 Å². The number of amides is 2. The number of halogens is 1. The van der Waals surface area contributed by atoms with Gasteiger partial charge in [0.15, 0.2) is 0 Å². The van der Waals surface area contributed by atoms with Crippen molar-refractivity contribution in [2.24, 2.45) is 18.9 Å². The molecule has 0 bridgehead atoms. The van der Waals surface area contributed by atoms with E-state index in [1.54, 1.807) is 34.8 Å². The Balaban J connectivity index is 1.26. The number of nitrogens with zero attached hydrogens (tertiary/aromatic N) is 4. The van der Waals surface area contributed by atoms with Crippen LogP contribution in [0.1, 0.15) is 53.4 Å². The third-order valence-corrected chi connectivity index (χ3v) is 10.3. The Kier molecular flexibility index (Phi) is 8.36. The highest BCUT2D eigenvalue weighted by atomic mass is 19.1. The normalized spacial score (nSPS) is 24.3. The summed E-state index contributed by atoms with van der Waals surface area (Å²) in [5, 5.41) is 8.38. The minimum atomic E-state index is -0.625. The topological polar surface area (TPSA) is 88.9 Å². The van der Waals surface area contributed by atoms with E-state index in [4.69, 9.17) is 9.47 Å². The predicted molar refractivity (Wildman–Crippen MR) is 177 cm³/mol. The average Bonchev–Trinajstić information content (AvgIpc) is 3.67. The molecule has 3 aliphatic rings. The monoisotopic (exact) mass is 639 g/mol. The number of carbonyl (C=O) groups is 2. The number of ether oxygens (including phenoxy) is 2. The van der Waals surface area contributed by atoms with Gasteiger partial charge >= 0.3 is 0 Å². The standard InChI is InChI=1S/C37H42FN5O4/c1-23-6-5-7-30(38)33(23)36(45)43-32-21-47-20-27(32)17-29(35(44)40-28-12-13-31-26(16-28)18-39-41(31)4)34(43)25-10-8-24(9-11-25)19-42-14-15-46-22-37(42,2)3/h5-13,16,18,27,29,32,34H,14-15,17,19-22H2,1-4H3,(H,40,44)/t27?,29?,32?,34-/m1/s1. The number of fused-ring (bicyclic) bond motifs is 2. The first-order valence-electron chi connectivity index (χ1n) is 16.4. The van der Waals surface area contributed by atoms with Crippen molar-refractivity contribution in [1.82, 2.24) is 19.6 Å². The lowest BCUT2D eigenvalue weighted by Crippen LogP contribution is -2.55. The number of carbonyl (C=O) groups excluding carboxylic acids is 2. The highest BCUT2D eigenvalue weighted by molar-refractivity contribution is 5.99. The van der Waals surface area contributed by atoms with Crippen LogP contribution < -0.4 is 5.32 Å². The van der Waals surface area contributed by atoms with Gasteiger partial charge in [0.05, 0.1) is 61.7 Å². The Morgan fingerprint density at radius 3 is 2.64 bits per heavy atom. The number of nitrogens with one attached hydrogen (secondary N) is 1. The second-order valence-corrected chi connectivity index (χ2v) is 13.9. The van der Waals surface area contributed by atoms with Crippen molar-refractivity contribution in [3.63, 3.8) is 0 Å². The van der Waals surface area contributed by atoms with Crippen molar-refractivity contribution < 1.29 is 23.5 Å². The lowest BCUT2D eigenvalue weighted by Gasteiger charge is -2.47. The molecule has 246 valence electrons. The van der Waals surface area contributed by atoms with E-state index in [0.717, 1.165) is 35.1 Å². The highest BCUT2D eigenvalue weighted by Crippen LogP contribution is 2.45. The van der Waals surface area contributed by atoms with Gasteiger partial charge in [-0.15, -0.1) is 0 Å². The van der Waals surface area contributed by atoms with Crippen LogP contribution in [-0.2, 0) is 27.9 Å². The number of likely N-dealkylation sites (tertiary alicyclic amines) is 1. The Bertz CT molecular complexity index is 1780. The van der Waals surface area contributed by atoms with E-state index in [0.29, 0.717) is 44.1 Å². The molecular weight excluding hydrogens is 597 g/mol. The summed E-state index contributed by atoms with van der Waals surface area (Å²) in [6.45, 7) is 9.89. The summed E-state index contributed by atoms with van der Waals surface area (Å²) in [6.07, 6.45) is 2.31. The van der Waals surface area contributed by atoms with Crippen molar-refractivity contribution in [2.45, 2.75) is 51.4 Å². The van der Waals surface area contributed by atoms with Crippen LogP contribution >= 0.6 is 0 Å².